The Morgan fingerprint density at radius 3 is 2.45 bits per heavy atom. The van der Waals surface area contributed by atoms with Gasteiger partial charge in [-0.1, -0.05) is 18.2 Å². The minimum atomic E-state index is -0.254. The van der Waals surface area contributed by atoms with Crippen LogP contribution in [0.15, 0.2) is 42.6 Å². The maximum absolute atomic E-state index is 12.1. The molecule has 0 aliphatic rings. The molecule has 1 amide bonds. The Bertz CT molecular complexity index is 590. The number of carbonyl (C=O) groups excluding carboxylic acids is 1. The lowest BCUT2D eigenvalue weighted by atomic mass is 10.1. The largest absolute Gasteiger partial charge is 0.350 e. The van der Waals surface area contributed by atoms with E-state index < -0.39 is 0 Å². The predicted molar refractivity (Wildman–Crippen MR) is 79.8 cm³/mol. The molecule has 2 rings (SSSR count). The minimum absolute atomic E-state index is 0.158. The quantitative estimate of drug-likeness (QED) is 0.900. The molecule has 5 nitrogen and oxygen atoms in total. The van der Waals surface area contributed by atoms with Crippen LogP contribution in [0.25, 0.3) is 0 Å². The van der Waals surface area contributed by atoms with Gasteiger partial charge in [0.1, 0.15) is 5.69 Å². The van der Waals surface area contributed by atoms with Crippen LogP contribution in [0.3, 0.4) is 0 Å². The molecule has 0 saturated heterocycles. The summed E-state index contributed by atoms with van der Waals surface area (Å²) in [5, 5.41) is 5.93. The van der Waals surface area contributed by atoms with Crippen molar-refractivity contribution in [3.63, 3.8) is 0 Å². The third-order valence-electron chi connectivity index (χ3n) is 2.41. The fourth-order valence-corrected chi connectivity index (χ4v) is 1.60. The Morgan fingerprint density at radius 2 is 1.80 bits per heavy atom. The first kappa shape index (κ1) is 14.0. The van der Waals surface area contributed by atoms with Crippen molar-refractivity contribution < 1.29 is 4.79 Å². The molecule has 0 spiro atoms. The van der Waals surface area contributed by atoms with E-state index in [1.54, 1.807) is 12.3 Å². The standard InChI is InChI=1S/C15H18N4O/c1-15(2,3)19-14-16-10-9-12(18-14)13(20)17-11-7-5-4-6-8-11/h4-10H,1-3H3,(H,17,20)(H,16,18,19). The van der Waals surface area contributed by atoms with E-state index in [1.807, 2.05) is 51.1 Å². The van der Waals surface area contributed by atoms with E-state index in [2.05, 4.69) is 20.6 Å². The number of para-hydroxylation sites is 1. The van der Waals surface area contributed by atoms with Crippen molar-refractivity contribution in [3.8, 4) is 0 Å². The Hall–Kier alpha value is -2.43. The van der Waals surface area contributed by atoms with Crippen LogP contribution in [-0.2, 0) is 0 Å². The topological polar surface area (TPSA) is 66.9 Å². The first-order chi connectivity index (χ1) is 9.44. The highest BCUT2D eigenvalue weighted by Gasteiger charge is 2.13. The molecule has 0 bridgehead atoms. The summed E-state index contributed by atoms with van der Waals surface area (Å²) in [6.45, 7) is 6.02. The van der Waals surface area contributed by atoms with Gasteiger partial charge < -0.3 is 10.6 Å². The monoisotopic (exact) mass is 270 g/mol. The SMILES string of the molecule is CC(C)(C)Nc1nccc(C(=O)Nc2ccccc2)n1. The van der Waals surface area contributed by atoms with Crippen molar-refractivity contribution in [1.82, 2.24) is 9.97 Å². The summed E-state index contributed by atoms with van der Waals surface area (Å²) in [5.74, 6) is 0.189. The summed E-state index contributed by atoms with van der Waals surface area (Å²) in [4.78, 5) is 20.4. The summed E-state index contributed by atoms with van der Waals surface area (Å²) in [6.07, 6.45) is 1.57. The van der Waals surface area contributed by atoms with Crippen molar-refractivity contribution in [3.05, 3.63) is 48.3 Å². The highest BCUT2D eigenvalue weighted by atomic mass is 16.1. The van der Waals surface area contributed by atoms with E-state index in [9.17, 15) is 4.79 Å². The normalized spacial score (nSPS) is 10.9. The van der Waals surface area contributed by atoms with Crippen molar-refractivity contribution in [1.29, 1.82) is 0 Å². The highest BCUT2D eigenvalue weighted by Crippen LogP contribution is 2.11. The summed E-state index contributed by atoms with van der Waals surface area (Å²) in [7, 11) is 0. The van der Waals surface area contributed by atoms with Crippen molar-refractivity contribution >= 4 is 17.5 Å². The third kappa shape index (κ3) is 4.05. The second kappa shape index (κ2) is 5.69. The number of amides is 1. The lowest BCUT2D eigenvalue weighted by Crippen LogP contribution is -2.28. The van der Waals surface area contributed by atoms with Gasteiger partial charge in [-0.05, 0) is 39.0 Å². The van der Waals surface area contributed by atoms with Gasteiger partial charge in [0.05, 0.1) is 0 Å². The molecular formula is C15H18N4O. The van der Waals surface area contributed by atoms with Crippen LogP contribution >= 0.6 is 0 Å². The molecule has 1 aromatic carbocycles. The molecule has 0 aliphatic carbocycles. The summed E-state index contributed by atoms with van der Waals surface area (Å²) < 4.78 is 0. The fraction of sp³-hybridized carbons (Fsp3) is 0.267. The molecule has 0 aliphatic heterocycles. The van der Waals surface area contributed by atoms with Crippen molar-refractivity contribution in [2.75, 3.05) is 10.6 Å². The number of benzene rings is 1. The number of hydrogen-bond donors (Lipinski definition) is 2. The summed E-state index contributed by atoms with van der Waals surface area (Å²) in [6, 6.07) is 10.9. The molecule has 5 heteroatoms. The first-order valence-corrected chi connectivity index (χ1v) is 6.42. The molecule has 20 heavy (non-hydrogen) atoms. The Kier molecular flexibility index (Phi) is 3.98. The molecule has 1 aromatic heterocycles. The number of rotatable bonds is 3. The van der Waals surface area contributed by atoms with Gasteiger partial charge >= 0.3 is 0 Å². The molecule has 0 fully saturated rings. The Morgan fingerprint density at radius 1 is 1.10 bits per heavy atom. The molecule has 0 saturated carbocycles. The van der Waals surface area contributed by atoms with Crippen LogP contribution in [0.2, 0.25) is 0 Å². The van der Waals surface area contributed by atoms with E-state index in [1.165, 1.54) is 0 Å². The van der Waals surface area contributed by atoms with Crippen LogP contribution in [0.1, 0.15) is 31.3 Å². The van der Waals surface area contributed by atoms with Gasteiger partial charge in [-0.2, -0.15) is 0 Å². The van der Waals surface area contributed by atoms with Crippen LogP contribution in [0.4, 0.5) is 11.6 Å². The maximum atomic E-state index is 12.1. The van der Waals surface area contributed by atoms with Crippen LogP contribution in [-0.4, -0.2) is 21.4 Å². The number of nitrogens with zero attached hydrogens (tertiary/aromatic N) is 2. The van der Waals surface area contributed by atoms with Crippen molar-refractivity contribution in [2.24, 2.45) is 0 Å². The average Bonchev–Trinajstić information content (AvgIpc) is 2.38. The molecule has 0 radical (unpaired) electrons. The second-order valence-electron chi connectivity index (χ2n) is 5.46. The predicted octanol–water partition coefficient (Wildman–Crippen LogP) is 2.94. The van der Waals surface area contributed by atoms with Crippen LogP contribution in [0.5, 0.6) is 0 Å². The number of anilines is 2. The second-order valence-corrected chi connectivity index (χ2v) is 5.46. The first-order valence-electron chi connectivity index (χ1n) is 6.42. The summed E-state index contributed by atoms with van der Waals surface area (Å²) >= 11 is 0. The van der Waals surface area contributed by atoms with Gasteiger partial charge in [0.25, 0.3) is 5.91 Å². The van der Waals surface area contributed by atoms with Crippen LogP contribution < -0.4 is 10.6 Å². The zero-order chi connectivity index (χ0) is 14.6. The molecule has 0 unspecified atom stereocenters. The Labute approximate surface area is 118 Å². The van der Waals surface area contributed by atoms with Crippen molar-refractivity contribution in [2.45, 2.75) is 26.3 Å². The van der Waals surface area contributed by atoms with Crippen LogP contribution in [0, 0.1) is 0 Å². The molecular weight excluding hydrogens is 252 g/mol. The average molecular weight is 270 g/mol. The van der Waals surface area contributed by atoms with Gasteiger partial charge in [0, 0.05) is 17.4 Å². The zero-order valence-corrected chi connectivity index (χ0v) is 11.8. The zero-order valence-electron chi connectivity index (χ0n) is 11.8. The highest BCUT2D eigenvalue weighted by molar-refractivity contribution is 6.02. The fourth-order valence-electron chi connectivity index (χ4n) is 1.60. The Balaban J connectivity index is 2.12. The van der Waals surface area contributed by atoms with E-state index in [0.717, 1.165) is 5.69 Å². The molecule has 2 aromatic rings. The number of aromatic nitrogens is 2. The van der Waals surface area contributed by atoms with Gasteiger partial charge in [0.15, 0.2) is 0 Å². The smallest absolute Gasteiger partial charge is 0.274 e. The number of hydrogen-bond acceptors (Lipinski definition) is 4. The lowest BCUT2D eigenvalue weighted by molar-refractivity contribution is 0.102. The van der Waals surface area contributed by atoms with E-state index in [-0.39, 0.29) is 11.4 Å². The summed E-state index contributed by atoms with van der Waals surface area (Å²) in [5.41, 5.74) is 0.909. The molecule has 1 heterocycles. The molecule has 0 atom stereocenters. The third-order valence-corrected chi connectivity index (χ3v) is 2.41. The number of nitrogens with one attached hydrogen (secondary N) is 2. The van der Waals surface area contributed by atoms with Gasteiger partial charge in [-0.25, -0.2) is 9.97 Å². The van der Waals surface area contributed by atoms with E-state index in [4.69, 9.17) is 0 Å². The van der Waals surface area contributed by atoms with Gasteiger partial charge in [0.2, 0.25) is 5.95 Å². The van der Waals surface area contributed by atoms with Gasteiger partial charge in [-0.15, -0.1) is 0 Å². The van der Waals surface area contributed by atoms with E-state index in [0.29, 0.717) is 11.6 Å². The van der Waals surface area contributed by atoms with Gasteiger partial charge in [-0.3, -0.25) is 4.79 Å². The maximum Gasteiger partial charge on any atom is 0.274 e. The number of carbonyl (C=O) groups is 1. The lowest BCUT2D eigenvalue weighted by Gasteiger charge is -2.20. The molecule has 2 N–H and O–H groups in total. The minimum Gasteiger partial charge on any atom is -0.350 e. The molecule has 104 valence electrons. The van der Waals surface area contributed by atoms with E-state index >= 15 is 0 Å².